The minimum Gasteiger partial charge on any atom is -0.394 e. The summed E-state index contributed by atoms with van der Waals surface area (Å²) >= 11 is 1.44. The van der Waals surface area contributed by atoms with E-state index < -0.39 is 0 Å². The third kappa shape index (κ3) is 3.18. The van der Waals surface area contributed by atoms with Crippen LogP contribution in [0.5, 0.6) is 0 Å². The van der Waals surface area contributed by atoms with Crippen molar-refractivity contribution in [3.8, 4) is 0 Å². The first-order valence-corrected chi connectivity index (χ1v) is 7.17. The number of aryl methyl sites for hydroxylation is 1. The maximum absolute atomic E-state index is 9.29. The fourth-order valence-corrected chi connectivity index (χ4v) is 2.95. The lowest BCUT2D eigenvalue weighted by Gasteiger charge is -2.42. The molecule has 1 unspecified atom stereocenters. The van der Waals surface area contributed by atoms with Crippen LogP contribution in [0.3, 0.4) is 0 Å². The zero-order valence-electron chi connectivity index (χ0n) is 11.2. The number of aromatic nitrogens is 2. The normalized spacial score (nSPS) is 23.3. The van der Waals surface area contributed by atoms with Crippen molar-refractivity contribution in [2.75, 3.05) is 24.6 Å². The van der Waals surface area contributed by atoms with Gasteiger partial charge in [0.25, 0.3) is 0 Å². The van der Waals surface area contributed by atoms with E-state index >= 15 is 0 Å². The molecule has 18 heavy (non-hydrogen) atoms. The van der Waals surface area contributed by atoms with Gasteiger partial charge in [-0.3, -0.25) is 0 Å². The molecule has 1 fully saturated rings. The molecule has 0 aliphatic carbocycles. The summed E-state index contributed by atoms with van der Waals surface area (Å²) in [5, 5.41) is 10.2. The lowest BCUT2D eigenvalue weighted by atomic mass is 10.1. The Labute approximate surface area is 112 Å². The molecular weight excluding hydrogens is 250 g/mol. The molecule has 0 radical (unpaired) electrons. The molecule has 1 aliphatic rings. The smallest absolute Gasteiger partial charge is 0.205 e. The highest BCUT2D eigenvalue weighted by molar-refractivity contribution is 7.09. The zero-order chi connectivity index (χ0) is 13.2. The van der Waals surface area contributed by atoms with Gasteiger partial charge in [-0.2, -0.15) is 4.37 Å². The van der Waals surface area contributed by atoms with Crippen molar-refractivity contribution in [2.45, 2.75) is 45.3 Å². The van der Waals surface area contributed by atoms with Crippen LogP contribution in [0, 0.1) is 0 Å². The topological polar surface area (TPSA) is 58.5 Å². The maximum Gasteiger partial charge on any atom is 0.205 e. The molecule has 2 heterocycles. The highest BCUT2D eigenvalue weighted by Crippen LogP contribution is 2.27. The Morgan fingerprint density at radius 3 is 3.00 bits per heavy atom. The molecule has 0 aromatic carbocycles. The van der Waals surface area contributed by atoms with Crippen molar-refractivity contribution < 1.29 is 9.84 Å². The molecule has 1 aliphatic heterocycles. The van der Waals surface area contributed by atoms with Gasteiger partial charge in [-0.25, -0.2) is 4.98 Å². The van der Waals surface area contributed by atoms with Crippen LogP contribution in [-0.4, -0.2) is 45.9 Å². The van der Waals surface area contributed by atoms with E-state index in [2.05, 4.69) is 21.2 Å². The van der Waals surface area contributed by atoms with E-state index in [0.29, 0.717) is 6.54 Å². The Balaban J connectivity index is 2.10. The van der Waals surface area contributed by atoms with Crippen molar-refractivity contribution in [1.29, 1.82) is 0 Å². The van der Waals surface area contributed by atoms with Gasteiger partial charge in [-0.15, -0.1) is 0 Å². The van der Waals surface area contributed by atoms with Crippen LogP contribution >= 0.6 is 11.5 Å². The first-order valence-electron chi connectivity index (χ1n) is 6.40. The summed E-state index contributed by atoms with van der Waals surface area (Å²) in [6.45, 7) is 7.71. The van der Waals surface area contributed by atoms with Gasteiger partial charge in [0.05, 0.1) is 18.3 Å². The van der Waals surface area contributed by atoms with E-state index in [1.54, 1.807) is 0 Å². The quantitative estimate of drug-likeness (QED) is 0.898. The van der Waals surface area contributed by atoms with E-state index in [9.17, 15) is 5.11 Å². The first kappa shape index (κ1) is 13.7. The maximum atomic E-state index is 9.29. The van der Waals surface area contributed by atoms with Crippen molar-refractivity contribution in [1.82, 2.24) is 9.36 Å². The van der Waals surface area contributed by atoms with Crippen molar-refractivity contribution >= 4 is 16.7 Å². The van der Waals surface area contributed by atoms with Gasteiger partial charge in [0, 0.05) is 31.0 Å². The Hall–Kier alpha value is -0.720. The van der Waals surface area contributed by atoms with Crippen LogP contribution in [0.1, 0.15) is 33.0 Å². The van der Waals surface area contributed by atoms with Gasteiger partial charge in [0.1, 0.15) is 5.82 Å². The Morgan fingerprint density at radius 1 is 1.56 bits per heavy atom. The number of nitrogens with zero attached hydrogens (tertiary/aromatic N) is 3. The van der Waals surface area contributed by atoms with E-state index in [0.717, 1.165) is 30.3 Å². The van der Waals surface area contributed by atoms with Crippen molar-refractivity contribution in [2.24, 2.45) is 0 Å². The number of morpholine rings is 1. The molecule has 0 bridgehead atoms. The first-order chi connectivity index (χ1) is 8.54. The zero-order valence-corrected chi connectivity index (χ0v) is 12.0. The number of hydrogen-bond acceptors (Lipinski definition) is 6. The third-order valence-electron chi connectivity index (χ3n) is 2.89. The molecule has 1 aromatic heterocycles. The van der Waals surface area contributed by atoms with E-state index in [1.165, 1.54) is 11.5 Å². The highest BCUT2D eigenvalue weighted by atomic mass is 32.1. The molecule has 5 nitrogen and oxygen atoms in total. The Bertz CT molecular complexity index is 394. The summed E-state index contributed by atoms with van der Waals surface area (Å²) in [5.41, 5.74) is -0.262. The molecule has 0 saturated carbocycles. The predicted octanol–water partition coefficient (Wildman–Crippen LogP) is 1.47. The molecule has 0 amide bonds. The standard InChI is InChI=1S/C12H21N3O2S/c1-4-5-10-13-11(18-14-10)15-6-9(7-16)17-12(2,3)8-15/h9,16H,4-8H2,1-3H3. The molecular formula is C12H21N3O2S. The van der Waals surface area contributed by atoms with Gasteiger partial charge < -0.3 is 14.7 Å². The average molecular weight is 271 g/mol. The monoisotopic (exact) mass is 271 g/mol. The molecule has 1 N–H and O–H groups in total. The lowest BCUT2D eigenvalue weighted by molar-refractivity contribution is -0.101. The number of anilines is 1. The second-order valence-electron chi connectivity index (χ2n) is 5.31. The van der Waals surface area contributed by atoms with Crippen LogP contribution < -0.4 is 4.90 Å². The number of aliphatic hydroxyl groups excluding tert-OH is 1. The van der Waals surface area contributed by atoms with Crippen molar-refractivity contribution in [3.63, 3.8) is 0 Å². The SMILES string of the molecule is CCCc1nsc(N2CC(CO)OC(C)(C)C2)n1. The molecule has 1 aromatic rings. The summed E-state index contributed by atoms with van der Waals surface area (Å²) < 4.78 is 10.2. The Morgan fingerprint density at radius 2 is 2.33 bits per heavy atom. The average Bonchev–Trinajstić information content (AvgIpc) is 2.76. The summed E-state index contributed by atoms with van der Waals surface area (Å²) in [6, 6.07) is 0. The number of ether oxygens (including phenoxy) is 1. The fraction of sp³-hybridized carbons (Fsp3) is 0.833. The van der Waals surface area contributed by atoms with Crippen LogP contribution in [0.2, 0.25) is 0 Å². The minimum atomic E-state index is -0.262. The number of aliphatic hydroxyl groups is 1. The fourth-order valence-electron chi connectivity index (χ4n) is 2.23. The van der Waals surface area contributed by atoms with Gasteiger partial charge in [-0.1, -0.05) is 6.92 Å². The summed E-state index contributed by atoms with van der Waals surface area (Å²) in [5.74, 6) is 0.919. The van der Waals surface area contributed by atoms with Crippen molar-refractivity contribution in [3.05, 3.63) is 5.82 Å². The molecule has 102 valence electrons. The van der Waals surface area contributed by atoms with Gasteiger partial charge in [0.2, 0.25) is 5.13 Å². The second kappa shape index (κ2) is 5.50. The van der Waals surface area contributed by atoms with Crippen LogP contribution in [0.25, 0.3) is 0 Å². The molecule has 2 rings (SSSR count). The van der Waals surface area contributed by atoms with Crippen LogP contribution in [0.4, 0.5) is 5.13 Å². The second-order valence-corrected chi connectivity index (χ2v) is 6.04. The summed E-state index contributed by atoms with van der Waals surface area (Å²) in [6.07, 6.45) is 1.84. The van der Waals surface area contributed by atoms with Gasteiger partial charge in [-0.05, 0) is 20.3 Å². The predicted molar refractivity (Wildman–Crippen MR) is 72.2 cm³/mol. The van der Waals surface area contributed by atoms with Crippen LogP contribution in [0.15, 0.2) is 0 Å². The molecule has 1 atom stereocenters. The van der Waals surface area contributed by atoms with Gasteiger partial charge in [0.15, 0.2) is 0 Å². The van der Waals surface area contributed by atoms with Gasteiger partial charge >= 0.3 is 0 Å². The lowest BCUT2D eigenvalue weighted by Crippen LogP contribution is -2.54. The number of hydrogen-bond donors (Lipinski definition) is 1. The van der Waals surface area contributed by atoms with E-state index in [1.807, 2.05) is 13.8 Å². The summed E-state index contributed by atoms with van der Waals surface area (Å²) in [4.78, 5) is 6.72. The molecule has 0 spiro atoms. The third-order valence-corrected chi connectivity index (χ3v) is 3.70. The number of rotatable bonds is 4. The molecule has 6 heteroatoms. The van der Waals surface area contributed by atoms with E-state index in [4.69, 9.17) is 4.74 Å². The summed E-state index contributed by atoms with van der Waals surface area (Å²) in [7, 11) is 0. The highest BCUT2D eigenvalue weighted by Gasteiger charge is 2.34. The Kier molecular flexibility index (Phi) is 4.19. The minimum absolute atomic E-state index is 0.0422. The molecule has 1 saturated heterocycles. The van der Waals surface area contributed by atoms with E-state index in [-0.39, 0.29) is 18.3 Å². The largest absolute Gasteiger partial charge is 0.394 e. The van der Waals surface area contributed by atoms with Crippen LogP contribution in [-0.2, 0) is 11.2 Å².